The molecule has 0 aromatic rings. The predicted octanol–water partition coefficient (Wildman–Crippen LogP) is 1.32. The van der Waals surface area contributed by atoms with E-state index in [1.165, 1.54) is 0 Å². The molecule has 0 bridgehead atoms. The molecule has 1 rings (SSSR count). The smallest absolute Gasteiger partial charge is 0.133 e. The molecule has 0 aromatic carbocycles. The lowest BCUT2D eigenvalue weighted by molar-refractivity contribution is 0.0653. The summed E-state index contributed by atoms with van der Waals surface area (Å²) in [5.74, 6) is 0.472. The zero-order valence-corrected chi connectivity index (χ0v) is 10.3. The standard InChI is InChI=1S/C12H22N2O2/c1-3-14-12(9-13,11-5-6-11)10-16-8-4-7-15-2/h11,14H,3-8,10H2,1-2H3. The average Bonchev–Trinajstić information content (AvgIpc) is 3.11. The molecule has 4 nitrogen and oxygen atoms in total. The summed E-state index contributed by atoms with van der Waals surface area (Å²) in [5, 5.41) is 12.6. The number of ether oxygens (including phenoxy) is 2. The minimum atomic E-state index is -0.457. The molecule has 0 heterocycles. The summed E-state index contributed by atoms with van der Waals surface area (Å²) in [4.78, 5) is 0. The van der Waals surface area contributed by atoms with Crippen LogP contribution in [0.3, 0.4) is 0 Å². The van der Waals surface area contributed by atoms with E-state index in [9.17, 15) is 5.26 Å². The second kappa shape index (κ2) is 6.85. The zero-order chi connectivity index (χ0) is 11.9. The molecule has 0 saturated heterocycles. The van der Waals surface area contributed by atoms with Gasteiger partial charge in [-0.25, -0.2) is 0 Å². The van der Waals surface area contributed by atoms with E-state index in [-0.39, 0.29) is 0 Å². The maximum atomic E-state index is 9.30. The van der Waals surface area contributed by atoms with Crippen molar-refractivity contribution in [2.45, 2.75) is 31.7 Å². The van der Waals surface area contributed by atoms with Crippen LogP contribution in [0.25, 0.3) is 0 Å². The highest BCUT2D eigenvalue weighted by Crippen LogP contribution is 2.39. The van der Waals surface area contributed by atoms with Crippen LogP contribution in [0.1, 0.15) is 26.2 Å². The third kappa shape index (κ3) is 3.75. The van der Waals surface area contributed by atoms with Gasteiger partial charge in [-0.2, -0.15) is 5.26 Å². The van der Waals surface area contributed by atoms with E-state index in [1.54, 1.807) is 7.11 Å². The van der Waals surface area contributed by atoms with E-state index < -0.39 is 5.54 Å². The first-order valence-electron chi connectivity index (χ1n) is 6.02. The zero-order valence-electron chi connectivity index (χ0n) is 10.3. The van der Waals surface area contributed by atoms with Crippen molar-refractivity contribution in [1.82, 2.24) is 5.32 Å². The molecule has 1 aliphatic carbocycles. The second-order valence-electron chi connectivity index (χ2n) is 4.29. The van der Waals surface area contributed by atoms with Crippen molar-refractivity contribution in [3.63, 3.8) is 0 Å². The number of nitrogens with zero attached hydrogens (tertiary/aromatic N) is 1. The third-order valence-electron chi connectivity index (χ3n) is 2.93. The van der Waals surface area contributed by atoms with Crippen LogP contribution in [0, 0.1) is 17.2 Å². The molecule has 0 radical (unpaired) electrons. The summed E-state index contributed by atoms with van der Waals surface area (Å²) in [7, 11) is 1.68. The Morgan fingerprint density at radius 2 is 2.19 bits per heavy atom. The molecule has 0 spiro atoms. The summed E-state index contributed by atoms with van der Waals surface area (Å²) in [6.45, 7) is 4.70. The normalized spacial score (nSPS) is 19.1. The number of nitriles is 1. The van der Waals surface area contributed by atoms with Crippen LogP contribution in [0.4, 0.5) is 0 Å². The highest BCUT2D eigenvalue weighted by atomic mass is 16.5. The minimum absolute atomic E-state index is 0.457. The van der Waals surface area contributed by atoms with Gasteiger partial charge in [0, 0.05) is 20.3 Å². The maximum Gasteiger partial charge on any atom is 0.133 e. The van der Waals surface area contributed by atoms with Gasteiger partial charge in [-0.05, 0) is 31.7 Å². The lowest BCUT2D eigenvalue weighted by Crippen LogP contribution is -2.50. The highest BCUT2D eigenvalue weighted by Gasteiger charge is 2.45. The van der Waals surface area contributed by atoms with Crippen molar-refractivity contribution in [3.05, 3.63) is 0 Å². The molecule has 0 amide bonds. The van der Waals surface area contributed by atoms with E-state index in [0.29, 0.717) is 25.7 Å². The first kappa shape index (κ1) is 13.4. The Morgan fingerprint density at radius 3 is 2.69 bits per heavy atom. The summed E-state index contributed by atoms with van der Waals surface area (Å²) in [6, 6.07) is 2.40. The second-order valence-corrected chi connectivity index (χ2v) is 4.29. The van der Waals surface area contributed by atoms with Gasteiger partial charge in [-0.15, -0.1) is 0 Å². The summed E-state index contributed by atoms with van der Waals surface area (Å²) >= 11 is 0. The third-order valence-corrected chi connectivity index (χ3v) is 2.93. The molecule has 92 valence electrons. The van der Waals surface area contributed by atoms with Crippen LogP contribution in [-0.2, 0) is 9.47 Å². The van der Waals surface area contributed by atoms with Gasteiger partial charge in [0.2, 0.25) is 0 Å². The first-order valence-corrected chi connectivity index (χ1v) is 6.02. The van der Waals surface area contributed by atoms with E-state index in [1.807, 2.05) is 6.92 Å². The van der Waals surface area contributed by atoms with Crippen LogP contribution in [0.5, 0.6) is 0 Å². The Bertz CT molecular complexity index is 236. The van der Waals surface area contributed by atoms with Crippen molar-refractivity contribution in [3.8, 4) is 6.07 Å². The van der Waals surface area contributed by atoms with Crippen LogP contribution in [-0.4, -0.2) is 39.0 Å². The van der Waals surface area contributed by atoms with Gasteiger partial charge in [-0.1, -0.05) is 6.92 Å². The largest absolute Gasteiger partial charge is 0.385 e. The number of nitrogens with one attached hydrogen (secondary N) is 1. The highest BCUT2D eigenvalue weighted by molar-refractivity contribution is 5.15. The fraction of sp³-hybridized carbons (Fsp3) is 0.917. The SMILES string of the molecule is CCNC(C#N)(COCCCOC)C1CC1. The monoisotopic (exact) mass is 226 g/mol. The minimum Gasteiger partial charge on any atom is -0.385 e. The molecule has 1 fully saturated rings. The van der Waals surface area contributed by atoms with E-state index in [0.717, 1.165) is 25.8 Å². The van der Waals surface area contributed by atoms with Gasteiger partial charge in [-0.3, -0.25) is 5.32 Å². The van der Waals surface area contributed by atoms with Gasteiger partial charge in [0.15, 0.2) is 0 Å². The number of methoxy groups -OCH3 is 1. The fourth-order valence-electron chi connectivity index (χ4n) is 1.91. The van der Waals surface area contributed by atoms with Crippen LogP contribution < -0.4 is 5.32 Å². The Labute approximate surface area is 97.9 Å². The van der Waals surface area contributed by atoms with Gasteiger partial charge in [0.1, 0.15) is 5.54 Å². The lowest BCUT2D eigenvalue weighted by atomic mass is 9.96. The van der Waals surface area contributed by atoms with Crippen molar-refractivity contribution in [2.75, 3.05) is 33.5 Å². The maximum absolute atomic E-state index is 9.30. The van der Waals surface area contributed by atoms with Crippen molar-refractivity contribution in [1.29, 1.82) is 5.26 Å². The fourth-order valence-corrected chi connectivity index (χ4v) is 1.91. The van der Waals surface area contributed by atoms with E-state index >= 15 is 0 Å². The van der Waals surface area contributed by atoms with Crippen LogP contribution in [0.15, 0.2) is 0 Å². The van der Waals surface area contributed by atoms with E-state index in [4.69, 9.17) is 9.47 Å². The quantitative estimate of drug-likeness (QED) is 0.602. The Morgan fingerprint density at radius 1 is 1.44 bits per heavy atom. The number of likely N-dealkylation sites (N-methyl/N-ethyl adjacent to an activating group) is 1. The Hall–Kier alpha value is -0.630. The van der Waals surface area contributed by atoms with Crippen molar-refractivity contribution < 1.29 is 9.47 Å². The molecule has 1 saturated carbocycles. The van der Waals surface area contributed by atoms with Gasteiger partial charge in [0.05, 0.1) is 12.7 Å². The van der Waals surface area contributed by atoms with Crippen molar-refractivity contribution >= 4 is 0 Å². The van der Waals surface area contributed by atoms with Crippen LogP contribution >= 0.6 is 0 Å². The van der Waals surface area contributed by atoms with Gasteiger partial charge in [0.25, 0.3) is 0 Å². The average molecular weight is 226 g/mol. The molecule has 1 aliphatic rings. The van der Waals surface area contributed by atoms with E-state index in [2.05, 4.69) is 11.4 Å². The molecular weight excluding hydrogens is 204 g/mol. The van der Waals surface area contributed by atoms with Gasteiger partial charge < -0.3 is 9.47 Å². The number of rotatable bonds is 9. The topological polar surface area (TPSA) is 54.3 Å². The molecule has 1 atom stereocenters. The predicted molar refractivity (Wildman–Crippen MR) is 62.1 cm³/mol. The van der Waals surface area contributed by atoms with Crippen LogP contribution in [0.2, 0.25) is 0 Å². The number of hydrogen-bond acceptors (Lipinski definition) is 4. The first-order chi connectivity index (χ1) is 7.79. The Kier molecular flexibility index (Phi) is 5.75. The summed E-state index contributed by atoms with van der Waals surface area (Å²) < 4.78 is 10.5. The number of hydrogen-bond donors (Lipinski definition) is 1. The van der Waals surface area contributed by atoms with Crippen molar-refractivity contribution in [2.24, 2.45) is 5.92 Å². The molecule has 0 aliphatic heterocycles. The molecular formula is C12H22N2O2. The lowest BCUT2D eigenvalue weighted by Gasteiger charge is -2.27. The molecule has 0 aromatic heterocycles. The summed E-state index contributed by atoms with van der Waals surface area (Å²) in [5.41, 5.74) is -0.457. The molecule has 16 heavy (non-hydrogen) atoms. The molecule has 1 unspecified atom stereocenters. The van der Waals surface area contributed by atoms with Gasteiger partial charge >= 0.3 is 0 Å². The Balaban J connectivity index is 2.30. The summed E-state index contributed by atoms with van der Waals surface area (Å²) in [6.07, 6.45) is 3.17. The molecule has 1 N–H and O–H groups in total. The molecule has 4 heteroatoms.